The standard InChI is InChI=1S/C23H26N2O4S/c1-16-21(24-23(28-16)17-7-9-18(10-8-17)25(2)3)14-20-12-11-19(29-20)6-5-13-30-15-22(26)27-4/h5-12H,13-15H2,1-4H3. The number of benzene rings is 1. The zero-order valence-electron chi connectivity index (χ0n) is 17.7. The van der Waals surface area contributed by atoms with E-state index in [1.807, 2.05) is 69.6 Å². The number of methoxy groups -OCH3 is 1. The number of aryl methyl sites for hydroxylation is 1. The van der Waals surface area contributed by atoms with Crippen molar-refractivity contribution in [2.45, 2.75) is 13.3 Å². The molecular formula is C23H26N2O4S. The summed E-state index contributed by atoms with van der Waals surface area (Å²) < 4.78 is 16.4. The molecule has 0 aliphatic heterocycles. The Morgan fingerprint density at radius 2 is 1.93 bits per heavy atom. The first-order valence-electron chi connectivity index (χ1n) is 9.60. The number of thioether (sulfide) groups is 1. The van der Waals surface area contributed by atoms with E-state index in [1.165, 1.54) is 18.9 Å². The van der Waals surface area contributed by atoms with Crippen LogP contribution in [-0.4, -0.2) is 43.7 Å². The third-order valence-electron chi connectivity index (χ3n) is 4.49. The van der Waals surface area contributed by atoms with E-state index in [0.717, 1.165) is 34.2 Å². The van der Waals surface area contributed by atoms with Gasteiger partial charge in [-0.05, 0) is 49.4 Å². The predicted molar refractivity (Wildman–Crippen MR) is 121 cm³/mol. The molecule has 6 nitrogen and oxygen atoms in total. The van der Waals surface area contributed by atoms with Crippen LogP contribution in [0, 0.1) is 6.92 Å². The number of nitrogens with zero attached hydrogens (tertiary/aromatic N) is 2. The Hall–Kier alpha value is -2.93. The van der Waals surface area contributed by atoms with Crippen molar-refractivity contribution in [3.8, 4) is 11.5 Å². The fourth-order valence-electron chi connectivity index (χ4n) is 2.80. The summed E-state index contributed by atoms with van der Waals surface area (Å²) in [5.74, 6) is 3.83. The van der Waals surface area contributed by atoms with Gasteiger partial charge in [0.2, 0.25) is 5.89 Å². The zero-order valence-corrected chi connectivity index (χ0v) is 18.5. The van der Waals surface area contributed by atoms with Crippen LogP contribution in [0.4, 0.5) is 5.69 Å². The number of furan rings is 1. The molecule has 0 bridgehead atoms. The summed E-state index contributed by atoms with van der Waals surface area (Å²) in [7, 11) is 5.41. The lowest BCUT2D eigenvalue weighted by Crippen LogP contribution is -2.07. The number of ether oxygens (including phenoxy) is 1. The van der Waals surface area contributed by atoms with Crippen LogP contribution in [-0.2, 0) is 16.0 Å². The van der Waals surface area contributed by atoms with Crippen molar-refractivity contribution < 1.29 is 18.4 Å². The number of hydrogen-bond donors (Lipinski definition) is 0. The number of rotatable bonds is 9. The van der Waals surface area contributed by atoms with Crippen LogP contribution in [0.25, 0.3) is 17.5 Å². The molecule has 0 amide bonds. The number of aromatic nitrogens is 1. The van der Waals surface area contributed by atoms with Crippen molar-refractivity contribution in [2.75, 3.05) is 37.6 Å². The van der Waals surface area contributed by atoms with Crippen molar-refractivity contribution in [3.63, 3.8) is 0 Å². The topological polar surface area (TPSA) is 68.7 Å². The summed E-state index contributed by atoms with van der Waals surface area (Å²) in [5, 5.41) is 0. The number of carbonyl (C=O) groups excluding carboxylic acids is 1. The fourth-order valence-corrected chi connectivity index (χ4v) is 3.43. The van der Waals surface area contributed by atoms with Gasteiger partial charge in [0.05, 0.1) is 25.0 Å². The van der Waals surface area contributed by atoms with Gasteiger partial charge in [-0.2, -0.15) is 0 Å². The van der Waals surface area contributed by atoms with E-state index in [9.17, 15) is 4.79 Å². The molecule has 0 fully saturated rings. The monoisotopic (exact) mass is 426 g/mol. The van der Waals surface area contributed by atoms with Crippen molar-refractivity contribution in [3.05, 3.63) is 65.4 Å². The molecule has 3 aromatic rings. The molecule has 0 spiro atoms. The van der Waals surface area contributed by atoms with Gasteiger partial charge in [0, 0.05) is 31.1 Å². The number of hydrogen-bond acceptors (Lipinski definition) is 7. The van der Waals surface area contributed by atoms with Crippen LogP contribution in [0.2, 0.25) is 0 Å². The molecule has 3 rings (SSSR count). The second-order valence-corrected chi connectivity index (χ2v) is 7.97. The van der Waals surface area contributed by atoms with E-state index in [4.69, 9.17) is 8.83 Å². The van der Waals surface area contributed by atoms with Gasteiger partial charge < -0.3 is 18.5 Å². The summed E-state index contributed by atoms with van der Waals surface area (Å²) >= 11 is 1.49. The maximum atomic E-state index is 11.1. The first-order chi connectivity index (χ1) is 14.5. The highest BCUT2D eigenvalue weighted by atomic mass is 32.2. The quantitative estimate of drug-likeness (QED) is 0.359. The number of esters is 1. The minimum Gasteiger partial charge on any atom is -0.468 e. The summed E-state index contributed by atoms with van der Waals surface area (Å²) in [5.41, 5.74) is 2.93. The van der Waals surface area contributed by atoms with E-state index in [1.54, 1.807) is 0 Å². The van der Waals surface area contributed by atoms with Crippen LogP contribution in [0.5, 0.6) is 0 Å². The molecule has 158 valence electrons. The molecule has 0 aliphatic carbocycles. The summed E-state index contributed by atoms with van der Waals surface area (Å²) in [6, 6.07) is 12.0. The molecule has 1 aromatic carbocycles. The first-order valence-corrected chi connectivity index (χ1v) is 10.8. The molecule has 0 unspecified atom stereocenters. The number of carbonyl (C=O) groups is 1. The van der Waals surface area contributed by atoms with Crippen LogP contribution in [0.3, 0.4) is 0 Å². The third kappa shape index (κ3) is 5.79. The van der Waals surface area contributed by atoms with E-state index in [-0.39, 0.29) is 5.97 Å². The molecule has 0 saturated heterocycles. The molecule has 0 aliphatic rings. The van der Waals surface area contributed by atoms with Crippen LogP contribution < -0.4 is 4.90 Å². The Kier molecular flexibility index (Phi) is 7.41. The molecule has 0 radical (unpaired) electrons. The van der Waals surface area contributed by atoms with Crippen LogP contribution in [0.1, 0.15) is 23.0 Å². The fraction of sp³-hybridized carbons (Fsp3) is 0.304. The normalized spacial score (nSPS) is 11.2. The van der Waals surface area contributed by atoms with Crippen molar-refractivity contribution in [2.24, 2.45) is 0 Å². The summed E-state index contributed by atoms with van der Waals surface area (Å²) in [6.07, 6.45) is 4.43. The largest absolute Gasteiger partial charge is 0.468 e. The van der Waals surface area contributed by atoms with Crippen molar-refractivity contribution in [1.29, 1.82) is 0 Å². The lowest BCUT2D eigenvalue weighted by molar-refractivity contribution is -0.137. The molecule has 0 N–H and O–H groups in total. The van der Waals surface area contributed by atoms with Crippen molar-refractivity contribution >= 4 is 29.5 Å². The average molecular weight is 427 g/mol. The highest BCUT2D eigenvalue weighted by molar-refractivity contribution is 8.00. The lowest BCUT2D eigenvalue weighted by atomic mass is 10.2. The van der Waals surface area contributed by atoms with Gasteiger partial charge in [-0.25, -0.2) is 4.98 Å². The Bertz CT molecular complexity index is 1000. The van der Waals surface area contributed by atoms with E-state index < -0.39 is 0 Å². The zero-order chi connectivity index (χ0) is 21.5. The molecule has 2 aromatic heterocycles. The van der Waals surface area contributed by atoms with E-state index in [2.05, 4.69) is 14.6 Å². The van der Waals surface area contributed by atoms with Crippen LogP contribution in [0.15, 0.2) is 51.3 Å². The molecule has 2 heterocycles. The van der Waals surface area contributed by atoms with Gasteiger partial charge in [0.15, 0.2) is 0 Å². The van der Waals surface area contributed by atoms with E-state index in [0.29, 0.717) is 23.8 Å². The lowest BCUT2D eigenvalue weighted by Gasteiger charge is -2.11. The predicted octanol–water partition coefficient (Wildman–Crippen LogP) is 4.82. The molecule has 7 heteroatoms. The van der Waals surface area contributed by atoms with Gasteiger partial charge in [-0.3, -0.25) is 4.79 Å². The number of anilines is 1. The maximum absolute atomic E-state index is 11.1. The van der Waals surface area contributed by atoms with Crippen LogP contribution >= 0.6 is 11.8 Å². The minimum absolute atomic E-state index is 0.218. The Morgan fingerprint density at radius 1 is 1.17 bits per heavy atom. The Morgan fingerprint density at radius 3 is 2.63 bits per heavy atom. The van der Waals surface area contributed by atoms with Gasteiger partial charge in [-0.1, -0.05) is 6.08 Å². The average Bonchev–Trinajstić information content (AvgIpc) is 3.34. The molecular weight excluding hydrogens is 400 g/mol. The van der Waals surface area contributed by atoms with Gasteiger partial charge in [0.1, 0.15) is 17.3 Å². The number of oxazole rings is 1. The smallest absolute Gasteiger partial charge is 0.315 e. The van der Waals surface area contributed by atoms with Crippen molar-refractivity contribution in [1.82, 2.24) is 4.98 Å². The Balaban J connectivity index is 1.60. The highest BCUT2D eigenvalue weighted by Gasteiger charge is 2.14. The van der Waals surface area contributed by atoms with Gasteiger partial charge in [-0.15, -0.1) is 11.8 Å². The van der Waals surface area contributed by atoms with E-state index >= 15 is 0 Å². The Labute approximate surface area is 180 Å². The second-order valence-electron chi connectivity index (χ2n) is 6.94. The highest BCUT2D eigenvalue weighted by Crippen LogP contribution is 2.25. The third-order valence-corrected chi connectivity index (χ3v) is 5.36. The molecule has 0 atom stereocenters. The molecule has 0 saturated carbocycles. The summed E-state index contributed by atoms with van der Waals surface area (Å²) in [4.78, 5) is 17.8. The second kappa shape index (κ2) is 10.2. The first kappa shape index (κ1) is 21.8. The maximum Gasteiger partial charge on any atom is 0.315 e. The summed E-state index contributed by atoms with van der Waals surface area (Å²) in [6.45, 7) is 1.92. The molecule has 30 heavy (non-hydrogen) atoms. The van der Waals surface area contributed by atoms with Gasteiger partial charge >= 0.3 is 5.97 Å². The minimum atomic E-state index is -0.218. The van der Waals surface area contributed by atoms with Gasteiger partial charge in [0.25, 0.3) is 0 Å². The SMILES string of the molecule is COC(=O)CSCC=Cc1ccc(Cc2nc(-c3ccc(N(C)C)cc3)oc2C)o1.